The van der Waals surface area contributed by atoms with Gasteiger partial charge in [-0.15, -0.1) is 0 Å². The summed E-state index contributed by atoms with van der Waals surface area (Å²) in [4.78, 5) is 23.9. The molecule has 0 saturated carbocycles. The minimum absolute atomic E-state index is 0.160. The lowest BCUT2D eigenvalue weighted by Crippen LogP contribution is -2.23. The van der Waals surface area contributed by atoms with Gasteiger partial charge >= 0.3 is 5.63 Å². The van der Waals surface area contributed by atoms with E-state index in [2.05, 4.69) is 12.2 Å². The van der Waals surface area contributed by atoms with Gasteiger partial charge in [0.2, 0.25) is 0 Å². The largest absolute Gasteiger partial charge is 0.423 e. The predicted molar refractivity (Wildman–Crippen MR) is 94.0 cm³/mol. The van der Waals surface area contributed by atoms with Crippen molar-refractivity contribution in [1.29, 1.82) is 0 Å². The van der Waals surface area contributed by atoms with Crippen molar-refractivity contribution in [2.75, 3.05) is 0 Å². The molecule has 2 aromatic carbocycles. The van der Waals surface area contributed by atoms with E-state index in [0.717, 1.165) is 23.8 Å². The van der Waals surface area contributed by atoms with Gasteiger partial charge in [0.1, 0.15) is 11.4 Å². The van der Waals surface area contributed by atoms with Crippen LogP contribution in [0.5, 0.6) is 0 Å². The number of amides is 1. The molecule has 1 amide bonds. The van der Waals surface area contributed by atoms with E-state index in [0.29, 0.717) is 11.1 Å². The molecule has 1 N–H and O–H groups in total. The molecule has 25 heavy (non-hydrogen) atoms. The van der Waals surface area contributed by atoms with Gasteiger partial charge in [-0.2, -0.15) is 0 Å². The lowest BCUT2D eigenvalue weighted by Gasteiger charge is -2.09. The summed E-state index contributed by atoms with van der Waals surface area (Å²) in [6.45, 7) is 2.25. The van der Waals surface area contributed by atoms with Gasteiger partial charge in [0.25, 0.3) is 5.91 Å². The molecule has 0 spiro atoms. The molecule has 1 heterocycles. The first-order valence-electron chi connectivity index (χ1n) is 8.16. The molecular formula is C20H18FNO3. The van der Waals surface area contributed by atoms with Crippen LogP contribution in [0, 0.1) is 5.82 Å². The molecule has 4 nitrogen and oxygen atoms in total. The van der Waals surface area contributed by atoms with Crippen LogP contribution < -0.4 is 10.9 Å². The van der Waals surface area contributed by atoms with Crippen molar-refractivity contribution in [3.8, 4) is 0 Å². The van der Waals surface area contributed by atoms with E-state index in [1.807, 2.05) is 12.1 Å². The first-order chi connectivity index (χ1) is 12.1. The maximum absolute atomic E-state index is 13.2. The van der Waals surface area contributed by atoms with Gasteiger partial charge in [-0.1, -0.05) is 25.5 Å². The number of aryl methyl sites for hydroxylation is 1. The SMILES string of the molecule is CCCc1ccc2oc(=O)cc(CNC(=O)c3cccc(F)c3)c2c1. The van der Waals surface area contributed by atoms with Crippen LogP contribution in [0.4, 0.5) is 4.39 Å². The Morgan fingerprint density at radius 2 is 2.00 bits per heavy atom. The molecule has 0 aliphatic carbocycles. The smallest absolute Gasteiger partial charge is 0.336 e. The fraction of sp³-hybridized carbons (Fsp3) is 0.200. The van der Waals surface area contributed by atoms with Crippen LogP contribution in [0.15, 0.2) is 57.7 Å². The monoisotopic (exact) mass is 339 g/mol. The van der Waals surface area contributed by atoms with E-state index >= 15 is 0 Å². The molecule has 1 aromatic heterocycles. The zero-order chi connectivity index (χ0) is 17.8. The fourth-order valence-corrected chi connectivity index (χ4v) is 2.77. The van der Waals surface area contributed by atoms with E-state index in [4.69, 9.17) is 4.42 Å². The molecule has 3 rings (SSSR count). The first-order valence-corrected chi connectivity index (χ1v) is 8.16. The minimum atomic E-state index is -0.470. The van der Waals surface area contributed by atoms with Gasteiger partial charge in [0.15, 0.2) is 0 Å². The summed E-state index contributed by atoms with van der Waals surface area (Å²) in [6, 6.07) is 12.5. The van der Waals surface area contributed by atoms with E-state index in [9.17, 15) is 14.0 Å². The molecule has 0 atom stereocenters. The Hall–Kier alpha value is -2.95. The number of nitrogens with one attached hydrogen (secondary N) is 1. The van der Waals surface area contributed by atoms with Crippen LogP contribution in [0.3, 0.4) is 0 Å². The van der Waals surface area contributed by atoms with Crippen molar-refractivity contribution in [2.45, 2.75) is 26.3 Å². The maximum atomic E-state index is 13.2. The number of hydrogen-bond donors (Lipinski definition) is 1. The highest BCUT2D eigenvalue weighted by atomic mass is 19.1. The minimum Gasteiger partial charge on any atom is -0.423 e. The number of fused-ring (bicyclic) bond motifs is 1. The zero-order valence-corrected chi connectivity index (χ0v) is 13.8. The number of carbonyl (C=O) groups is 1. The van der Waals surface area contributed by atoms with Gasteiger partial charge in [-0.3, -0.25) is 4.79 Å². The molecule has 0 radical (unpaired) electrons. The Morgan fingerprint density at radius 3 is 2.76 bits per heavy atom. The molecule has 0 aliphatic heterocycles. The second-order valence-electron chi connectivity index (χ2n) is 5.86. The molecule has 128 valence electrons. The van der Waals surface area contributed by atoms with Gasteiger partial charge in [0.05, 0.1) is 0 Å². The molecular weight excluding hydrogens is 321 g/mol. The number of carbonyl (C=O) groups excluding carboxylic acids is 1. The number of benzene rings is 2. The number of halogens is 1. The van der Waals surface area contributed by atoms with Crippen LogP contribution in [0.1, 0.15) is 34.8 Å². The Labute approximate surface area is 144 Å². The van der Waals surface area contributed by atoms with Gasteiger partial charge in [-0.05, 0) is 47.9 Å². The highest BCUT2D eigenvalue weighted by Crippen LogP contribution is 2.20. The third kappa shape index (κ3) is 3.94. The van der Waals surface area contributed by atoms with E-state index in [-0.39, 0.29) is 12.1 Å². The zero-order valence-electron chi connectivity index (χ0n) is 13.8. The third-order valence-corrected chi connectivity index (χ3v) is 3.96. The summed E-state index contributed by atoms with van der Waals surface area (Å²) >= 11 is 0. The van der Waals surface area contributed by atoms with Crippen molar-refractivity contribution in [1.82, 2.24) is 5.32 Å². The number of rotatable bonds is 5. The Kier molecular flexibility index (Phi) is 4.93. The number of hydrogen-bond acceptors (Lipinski definition) is 3. The topological polar surface area (TPSA) is 59.3 Å². The van der Waals surface area contributed by atoms with Crippen molar-refractivity contribution < 1.29 is 13.6 Å². The van der Waals surface area contributed by atoms with E-state index in [1.165, 1.54) is 30.3 Å². The standard InChI is InChI=1S/C20H18FNO3/c1-2-4-13-7-8-18-17(9-13)15(11-19(23)25-18)12-22-20(24)14-5-3-6-16(21)10-14/h3,5-11H,2,4,12H2,1H3,(H,22,24). The molecule has 3 aromatic rings. The highest BCUT2D eigenvalue weighted by Gasteiger charge is 2.10. The van der Waals surface area contributed by atoms with Crippen LogP contribution in [-0.2, 0) is 13.0 Å². The molecule has 0 unspecified atom stereocenters. The average molecular weight is 339 g/mol. The van der Waals surface area contributed by atoms with Gasteiger partial charge < -0.3 is 9.73 Å². The van der Waals surface area contributed by atoms with Crippen LogP contribution in [-0.4, -0.2) is 5.91 Å². The van der Waals surface area contributed by atoms with Crippen molar-refractivity contribution in [3.05, 3.63) is 81.5 Å². The van der Waals surface area contributed by atoms with E-state index in [1.54, 1.807) is 6.07 Å². The Balaban J connectivity index is 1.88. The third-order valence-electron chi connectivity index (χ3n) is 3.96. The molecule has 5 heteroatoms. The lowest BCUT2D eigenvalue weighted by atomic mass is 10.0. The molecule has 0 saturated heterocycles. The summed E-state index contributed by atoms with van der Waals surface area (Å²) in [5, 5.41) is 3.52. The summed E-state index contributed by atoms with van der Waals surface area (Å²) in [5.74, 6) is -0.867. The maximum Gasteiger partial charge on any atom is 0.336 e. The second kappa shape index (κ2) is 7.30. The normalized spacial score (nSPS) is 10.8. The fourth-order valence-electron chi connectivity index (χ4n) is 2.77. The van der Waals surface area contributed by atoms with Crippen molar-refractivity contribution in [3.63, 3.8) is 0 Å². The first kappa shape index (κ1) is 16.9. The highest BCUT2D eigenvalue weighted by molar-refractivity contribution is 5.94. The summed E-state index contributed by atoms with van der Waals surface area (Å²) in [6.07, 6.45) is 1.93. The molecule has 0 fully saturated rings. The Bertz CT molecular complexity index is 978. The van der Waals surface area contributed by atoms with Crippen LogP contribution >= 0.6 is 0 Å². The van der Waals surface area contributed by atoms with Crippen molar-refractivity contribution in [2.24, 2.45) is 0 Å². The van der Waals surface area contributed by atoms with Gasteiger partial charge in [-0.25, -0.2) is 9.18 Å². The lowest BCUT2D eigenvalue weighted by molar-refractivity contribution is 0.0950. The summed E-state index contributed by atoms with van der Waals surface area (Å²) < 4.78 is 18.5. The van der Waals surface area contributed by atoms with Crippen LogP contribution in [0.2, 0.25) is 0 Å². The molecule has 0 bridgehead atoms. The second-order valence-corrected chi connectivity index (χ2v) is 5.86. The van der Waals surface area contributed by atoms with Crippen LogP contribution in [0.25, 0.3) is 11.0 Å². The van der Waals surface area contributed by atoms with Crippen molar-refractivity contribution >= 4 is 16.9 Å². The quantitative estimate of drug-likeness (QED) is 0.719. The van der Waals surface area contributed by atoms with E-state index < -0.39 is 17.3 Å². The molecule has 0 aliphatic rings. The summed E-state index contributed by atoms with van der Waals surface area (Å²) in [7, 11) is 0. The van der Waals surface area contributed by atoms with Gasteiger partial charge in [0, 0.05) is 23.6 Å². The average Bonchev–Trinajstić information content (AvgIpc) is 2.60. The Morgan fingerprint density at radius 1 is 1.16 bits per heavy atom. The summed E-state index contributed by atoms with van der Waals surface area (Å²) in [5.41, 5.74) is 2.07. The predicted octanol–water partition coefficient (Wildman–Crippen LogP) is 3.81.